The Morgan fingerprint density at radius 2 is 2.14 bits per heavy atom. The minimum absolute atomic E-state index is 0.393. The van der Waals surface area contributed by atoms with Gasteiger partial charge in [0.05, 0.1) is 11.7 Å². The third kappa shape index (κ3) is 5.59. The maximum absolute atomic E-state index is 11.8. The third-order valence-corrected chi connectivity index (χ3v) is 4.06. The molecular weight excluding hydrogens is 300 g/mol. The van der Waals surface area contributed by atoms with Crippen molar-refractivity contribution >= 4 is 35.9 Å². The van der Waals surface area contributed by atoms with Gasteiger partial charge in [0.2, 0.25) is 5.78 Å². The average Bonchev–Trinajstić information content (AvgIpc) is 2.56. The second-order valence-corrected chi connectivity index (χ2v) is 5.74. The van der Waals surface area contributed by atoms with Crippen LogP contribution in [0.25, 0.3) is 0 Å². The monoisotopic (exact) mass is 322 g/mol. The number of carbonyl (C=O) groups is 2. The molecule has 1 amide bonds. The van der Waals surface area contributed by atoms with E-state index in [4.69, 9.17) is 5.84 Å². The third-order valence-electron chi connectivity index (χ3n) is 3.00. The maximum Gasteiger partial charge on any atom is 0.289 e. The number of rotatable bonds is 10. The molecule has 7 heteroatoms. The molecule has 22 heavy (non-hydrogen) atoms. The van der Waals surface area contributed by atoms with Crippen LogP contribution in [0.15, 0.2) is 34.2 Å². The number of amides is 1. The Balaban J connectivity index is 2.39. The van der Waals surface area contributed by atoms with Crippen molar-refractivity contribution in [2.24, 2.45) is 10.8 Å². The van der Waals surface area contributed by atoms with Crippen LogP contribution in [0.2, 0.25) is 0 Å². The van der Waals surface area contributed by atoms with Gasteiger partial charge in [0.1, 0.15) is 0 Å². The first-order valence-corrected chi connectivity index (χ1v) is 8.09. The lowest BCUT2D eigenvalue weighted by molar-refractivity contribution is -0.139. The van der Waals surface area contributed by atoms with Crippen molar-refractivity contribution in [2.45, 2.75) is 30.7 Å². The van der Waals surface area contributed by atoms with Gasteiger partial charge in [0.15, 0.2) is 0 Å². The number of carbonyl (C=O) groups excluding carboxylic acids is 2. The van der Waals surface area contributed by atoms with E-state index >= 15 is 0 Å². The molecule has 120 valence electrons. The van der Waals surface area contributed by atoms with E-state index in [1.807, 2.05) is 31.2 Å². The van der Waals surface area contributed by atoms with Crippen LogP contribution < -0.4 is 16.6 Å². The van der Waals surface area contributed by atoms with Gasteiger partial charge in [0.25, 0.3) is 5.91 Å². The molecule has 0 radical (unpaired) electrons. The van der Waals surface area contributed by atoms with E-state index < -0.39 is 17.7 Å². The molecule has 0 aliphatic rings. The summed E-state index contributed by atoms with van der Waals surface area (Å²) in [5.74, 6) is 4.80. The highest BCUT2D eigenvalue weighted by Gasteiger charge is 2.22. The normalized spacial score (nSPS) is 11.7. The van der Waals surface area contributed by atoms with Gasteiger partial charge >= 0.3 is 0 Å². The Morgan fingerprint density at radius 1 is 1.41 bits per heavy atom. The molecule has 1 aromatic rings. The summed E-state index contributed by atoms with van der Waals surface area (Å²) in [4.78, 5) is 28.5. The highest BCUT2D eigenvalue weighted by molar-refractivity contribution is 7.99. The fourth-order valence-electron chi connectivity index (χ4n) is 1.86. The molecule has 0 saturated heterocycles. The van der Waals surface area contributed by atoms with Crippen LogP contribution in [0.3, 0.4) is 0 Å². The molecule has 1 unspecified atom stereocenters. The summed E-state index contributed by atoms with van der Waals surface area (Å²) in [6, 6.07) is 7.00. The first-order valence-electron chi connectivity index (χ1n) is 7.10. The molecule has 0 heterocycles. The predicted molar refractivity (Wildman–Crippen MR) is 90.4 cm³/mol. The van der Waals surface area contributed by atoms with Crippen LogP contribution in [-0.2, 0) is 9.59 Å². The highest BCUT2D eigenvalue weighted by Crippen LogP contribution is 2.28. The van der Waals surface area contributed by atoms with Crippen molar-refractivity contribution in [1.82, 2.24) is 10.7 Å². The SMILES string of the molecule is C=Nc1ccccc1SCCNC(=O)C(=O)C(CCC)NN. The molecule has 0 spiro atoms. The van der Waals surface area contributed by atoms with Crippen LogP contribution in [-0.4, -0.2) is 36.7 Å². The lowest BCUT2D eigenvalue weighted by Gasteiger charge is -2.13. The number of para-hydroxylation sites is 1. The summed E-state index contributed by atoms with van der Waals surface area (Å²) in [5, 5.41) is 2.61. The lowest BCUT2D eigenvalue weighted by atomic mass is 10.1. The van der Waals surface area contributed by atoms with Crippen molar-refractivity contribution < 1.29 is 9.59 Å². The van der Waals surface area contributed by atoms with Gasteiger partial charge in [-0.25, -0.2) is 5.43 Å². The zero-order valence-electron chi connectivity index (χ0n) is 12.7. The molecular formula is C15H22N4O2S. The lowest BCUT2D eigenvalue weighted by Crippen LogP contribution is -2.48. The van der Waals surface area contributed by atoms with Gasteiger partial charge < -0.3 is 5.32 Å². The van der Waals surface area contributed by atoms with E-state index in [0.29, 0.717) is 18.7 Å². The Labute approximate surface area is 134 Å². The molecule has 1 rings (SSSR count). The maximum atomic E-state index is 11.8. The minimum Gasteiger partial charge on any atom is -0.349 e. The van der Waals surface area contributed by atoms with Crippen LogP contribution in [0, 0.1) is 0 Å². The molecule has 0 aliphatic carbocycles. The van der Waals surface area contributed by atoms with Gasteiger partial charge in [-0.2, -0.15) is 0 Å². The molecule has 6 nitrogen and oxygen atoms in total. The van der Waals surface area contributed by atoms with E-state index in [-0.39, 0.29) is 0 Å². The van der Waals surface area contributed by atoms with Crippen molar-refractivity contribution in [3.8, 4) is 0 Å². The van der Waals surface area contributed by atoms with Crippen LogP contribution in [0.5, 0.6) is 0 Å². The van der Waals surface area contributed by atoms with Gasteiger partial charge in [-0.1, -0.05) is 25.5 Å². The summed E-state index contributed by atoms with van der Waals surface area (Å²) >= 11 is 1.55. The number of Topliss-reactive ketones (excluding diaryl/α,β-unsaturated/α-hetero) is 1. The van der Waals surface area contributed by atoms with Gasteiger partial charge in [-0.05, 0) is 25.3 Å². The first kappa shape index (κ1) is 18.3. The zero-order chi connectivity index (χ0) is 16.4. The Hall–Kier alpha value is -1.70. The summed E-state index contributed by atoms with van der Waals surface area (Å²) in [7, 11) is 0. The predicted octanol–water partition coefficient (Wildman–Crippen LogP) is 1.43. The second kappa shape index (κ2) is 10.1. The minimum atomic E-state index is -0.622. The number of thioether (sulfide) groups is 1. The summed E-state index contributed by atoms with van der Waals surface area (Å²) in [6.07, 6.45) is 1.31. The van der Waals surface area contributed by atoms with E-state index in [1.54, 1.807) is 11.8 Å². The topological polar surface area (TPSA) is 96.6 Å². The standard InChI is InChI=1S/C15H22N4O2S/c1-3-6-12(19-16)14(20)15(21)18-9-10-22-13-8-5-4-7-11(13)17-2/h4-5,7-8,12,19H,2-3,6,9-10,16H2,1H3,(H,18,21). The van der Waals surface area contributed by atoms with Gasteiger partial charge in [-0.3, -0.25) is 20.4 Å². The average molecular weight is 322 g/mol. The largest absolute Gasteiger partial charge is 0.349 e. The molecule has 0 fully saturated rings. The Bertz CT molecular complexity index is 522. The van der Waals surface area contributed by atoms with E-state index in [2.05, 4.69) is 22.5 Å². The van der Waals surface area contributed by atoms with Crippen LogP contribution >= 0.6 is 11.8 Å². The smallest absolute Gasteiger partial charge is 0.289 e. The summed E-state index contributed by atoms with van der Waals surface area (Å²) < 4.78 is 0. The van der Waals surface area contributed by atoms with E-state index in [1.165, 1.54) is 0 Å². The Morgan fingerprint density at radius 3 is 2.77 bits per heavy atom. The fraction of sp³-hybridized carbons (Fsp3) is 0.400. The number of nitrogens with one attached hydrogen (secondary N) is 2. The number of hydrogen-bond acceptors (Lipinski definition) is 6. The molecule has 4 N–H and O–H groups in total. The summed E-state index contributed by atoms with van der Waals surface area (Å²) in [5.41, 5.74) is 3.19. The Kier molecular flexibility index (Phi) is 8.42. The van der Waals surface area contributed by atoms with E-state index in [0.717, 1.165) is 17.0 Å². The molecule has 0 aliphatic heterocycles. The second-order valence-electron chi connectivity index (χ2n) is 4.60. The van der Waals surface area contributed by atoms with Crippen molar-refractivity contribution in [3.05, 3.63) is 24.3 Å². The fourth-order valence-corrected chi connectivity index (χ4v) is 2.74. The van der Waals surface area contributed by atoms with Crippen LogP contribution in [0.4, 0.5) is 5.69 Å². The first-order chi connectivity index (χ1) is 10.6. The number of hydrazine groups is 1. The molecule has 1 atom stereocenters. The van der Waals surface area contributed by atoms with Crippen LogP contribution in [0.1, 0.15) is 19.8 Å². The number of hydrogen-bond donors (Lipinski definition) is 3. The highest BCUT2D eigenvalue weighted by atomic mass is 32.2. The molecule has 0 saturated carbocycles. The van der Waals surface area contributed by atoms with Gasteiger partial charge in [-0.15, -0.1) is 11.8 Å². The number of benzene rings is 1. The number of nitrogens with zero attached hydrogens (tertiary/aromatic N) is 1. The zero-order valence-corrected chi connectivity index (χ0v) is 13.5. The van der Waals surface area contributed by atoms with Gasteiger partial charge in [0, 0.05) is 17.2 Å². The molecule has 0 bridgehead atoms. The molecule has 1 aromatic carbocycles. The number of nitrogens with two attached hydrogens (primary N) is 1. The van der Waals surface area contributed by atoms with Crippen molar-refractivity contribution in [1.29, 1.82) is 0 Å². The molecule has 0 aromatic heterocycles. The summed E-state index contributed by atoms with van der Waals surface area (Å²) in [6.45, 7) is 5.84. The number of aliphatic imine (C=N–C) groups is 1. The van der Waals surface area contributed by atoms with Crippen molar-refractivity contribution in [2.75, 3.05) is 12.3 Å². The number of ketones is 1. The quantitative estimate of drug-likeness (QED) is 0.151. The van der Waals surface area contributed by atoms with E-state index in [9.17, 15) is 9.59 Å². The van der Waals surface area contributed by atoms with Crippen molar-refractivity contribution in [3.63, 3.8) is 0 Å².